The van der Waals surface area contributed by atoms with Crippen molar-refractivity contribution in [2.75, 3.05) is 0 Å². The van der Waals surface area contributed by atoms with E-state index in [1.54, 1.807) is 24.3 Å². The molecule has 3 aromatic carbocycles. The molecule has 1 aliphatic rings. The summed E-state index contributed by atoms with van der Waals surface area (Å²) < 4.78 is 5.44. The van der Waals surface area contributed by atoms with E-state index in [0.717, 1.165) is 16.0 Å². The third-order valence-electron chi connectivity index (χ3n) is 4.62. The van der Waals surface area contributed by atoms with Gasteiger partial charge in [0.1, 0.15) is 0 Å². The first-order valence-electron chi connectivity index (χ1n) is 9.05. The zero-order valence-electron chi connectivity index (χ0n) is 15.4. The fourth-order valence-electron chi connectivity index (χ4n) is 3.20. The molecule has 0 saturated carbocycles. The lowest BCUT2D eigenvalue weighted by Gasteiger charge is -2.11. The SMILES string of the molecule is N#Cc1ccc(C(=C2OC(=O)N(Cc3ccccc3)C2=O)c2ccccc2)cc1. The number of carbonyl (C=O) groups is 2. The standard InChI is InChI=1S/C24H16N2O3/c25-15-17-11-13-20(14-12-17)21(19-9-5-2-6-10-19)22-23(27)26(24(28)29-22)16-18-7-3-1-4-8-18/h1-14H,16H2. The molecular weight excluding hydrogens is 364 g/mol. The molecular formula is C24H16N2O3. The summed E-state index contributed by atoms with van der Waals surface area (Å²) in [6.45, 7) is 0.136. The normalized spacial score (nSPS) is 15.1. The Morgan fingerprint density at radius 1 is 0.828 bits per heavy atom. The molecule has 0 atom stereocenters. The van der Waals surface area contributed by atoms with Gasteiger partial charge in [0.2, 0.25) is 5.76 Å². The third-order valence-corrected chi connectivity index (χ3v) is 4.62. The van der Waals surface area contributed by atoms with Gasteiger partial charge < -0.3 is 4.74 Å². The van der Waals surface area contributed by atoms with Crippen molar-refractivity contribution in [3.63, 3.8) is 0 Å². The van der Waals surface area contributed by atoms with Gasteiger partial charge in [-0.3, -0.25) is 4.79 Å². The van der Waals surface area contributed by atoms with Crippen LogP contribution in [0.3, 0.4) is 0 Å². The average molecular weight is 380 g/mol. The monoisotopic (exact) mass is 380 g/mol. The summed E-state index contributed by atoms with van der Waals surface area (Å²) >= 11 is 0. The quantitative estimate of drug-likeness (QED) is 0.625. The van der Waals surface area contributed by atoms with Gasteiger partial charge in [-0.2, -0.15) is 5.26 Å². The van der Waals surface area contributed by atoms with Crippen LogP contribution in [0.25, 0.3) is 5.57 Å². The molecule has 0 radical (unpaired) electrons. The van der Waals surface area contributed by atoms with Crippen molar-refractivity contribution in [2.45, 2.75) is 6.54 Å². The van der Waals surface area contributed by atoms with Crippen molar-refractivity contribution in [3.8, 4) is 6.07 Å². The molecule has 0 bridgehead atoms. The first-order chi connectivity index (χ1) is 14.2. The van der Waals surface area contributed by atoms with Crippen LogP contribution in [0.2, 0.25) is 0 Å². The fourth-order valence-corrected chi connectivity index (χ4v) is 3.20. The smallest absolute Gasteiger partial charge is 0.403 e. The number of rotatable bonds is 4. The van der Waals surface area contributed by atoms with Gasteiger partial charge in [-0.15, -0.1) is 0 Å². The lowest BCUT2D eigenvalue weighted by Crippen LogP contribution is -2.28. The summed E-state index contributed by atoms with van der Waals surface area (Å²) in [7, 11) is 0. The second-order valence-corrected chi connectivity index (χ2v) is 6.50. The van der Waals surface area contributed by atoms with E-state index in [2.05, 4.69) is 6.07 Å². The number of amides is 2. The number of nitrogens with zero attached hydrogens (tertiary/aromatic N) is 2. The maximum absolute atomic E-state index is 13.1. The maximum atomic E-state index is 13.1. The van der Waals surface area contributed by atoms with E-state index in [9.17, 15) is 9.59 Å². The molecule has 5 nitrogen and oxygen atoms in total. The Kier molecular flexibility index (Phi) is 4.91. The second-order valence-electron chi connectivity index (χ2n) is 6.50. The summed E-state index contributed by atoms with van der Waals surface area (Å²) in [5.74, 6) is -0.496. The van der Waals surface area contributed by atoms with Gasteiger partial charge in [-0.25, -0.2) is 9.69 Å². The number of carbonyl (C=O) groups excluding carboxylic acids is 2. The van der Waals surface area contributed by atoms with Crippen molar-refractivity contribution < 1.29 is 14.3 Å². The number of cyclic esters (lactones) is 1. The van der Waals surface area contributed by atoms with Gasteiger partial charge in [-0.05, 0) is 28.8 Å². The number of ether oxygens (including phenoxy) is 1. The first kappa shape index (κ1) is 18.2. The van der Waals surface area contributed by atoms with Crippen molar-refractivity contribution >= 4 is 17.6 Å². The van der Waals surface area contributed by atoms with Crippen molar-refractivity contribution in [3.05, 3.63) is 113 Å². The fraction of sp³-hybridized carbons (Fsp3) is 0.0417. The zero-order valence-corrected chi connectivity index (χ0v) is 15.4. The van der Waals surface area contributed by atoms with Gasteiger partial charge in [0.15, 0.2) is 0 Å². The lowest BCUT2D eigenvalue weighted by molar-refractivity contribution is -0.123. The highest BCUT2D eigenvalue weighted by molar-refractivity contribution is 6.13. The molecule has 0 aromatic heterocycles. The van der Waals surface area contributed by atoms with E-state index in [0.29, 0.717) is 16.7 Å². The Labute approximate surface area is 168 Å². The predicted molar refractivity (Wildman–Crippen MR) is 107 cm³/mol. The molecule has 1 saturated heterocycles. The van der Waals surface area contributed by atoms with Crippen LogP contribution in [0.5, 0.6) is 0 Å². The molecule has 3 aromatic rings. The van der Waals surface area contributed by atoms with E-state index in [4.69, 9.17) is 10.00 Å². The number of imide groups is 1. The molecule has 4 rings (SSSR count). The maximum Gasteiger partial charge on any atom is 0.422 e. The molecule has 2 amide bonds. The molecule has 0 spiro atoms. The Morgan fingerprint density at radius 3 is 2.03 bits per heavy atom. The predicted octanol–water partition coefficient (Wildman–Crippen LogP) is 4.50. The van der Waals surface area contributed by atoms with Crippen LogP contribution in [0.15, 0.2) is 90.7 Å². The van der Waals surface area contributed by atoms with Gasteiger partial charge >= 0.3 is 6.09 Å². The van der Waals surface area contributed by atoms with Gasteiger partial charge in [0.25, 0.3) is 5.91 Å². The van der Waals surface area contributed by atoms with Gasteiger partial charge in [-0.1, -0.05) is 72.8 Å². The minimum absolute atomic E-state index is 0.0122. The molecule has 0 N–H and O–H groups in total. The molecule has 1 aliphatic heterocycles. The highest BCUT2D eigenvalue weighted by Crippen LogP contribution is 2.32. The van der Waals surface area contributed by atoms with E-state index in [1.165, 1.54) is 0 Å². The van der Waals surface area contributed by atoms with Crippen LogP contribution >= 0.6 is 0 Å². The average Bonchev–Trinajstić information content (AvgIpc) is 3.04. The zero-order chi connectivity index (χ0) is 20.2. The lowest BCUT2D eigenvalue weighted by atomic mass is 9.95. The van der Waals surface area contributed by atoms with Crippen LogP contribution in [0, 0.1) is 11.3 Å². The molecule has 140 valence electrons. The van der Waals surface area contributed by atoms with E-state index >= 15 is 0 Å². The van der Waals surface area contributed by atoms with E-state index < -0.39 is 12.0 Å². The van der Waals surface area contributed by atoms with Crippen LogP contribution in [0.1, 0.15) is 22.3 Å². The Hall–Kier alpha value is -4.17. The molecule has 5 heteroatoms. The molecule has 1 heterocycles. The van der Waals surface area contributed by atoms with Crippen LogP contribution in [-0.4, -0.2) is 16.9 Å². The van der Waals surface area contributed by atoms with E-state index in [1.807, 2.05) is 60.7 Å². The molecule has 0 aliphatic carbocycles. The minimum atomic E-state index is -0.698. The van der Waals surface area contributed by atoms with Crippen molar-refractivity contribution in [2.24, 2.45) is 0 Å². The highest BCUT2D eigenvalue weighted by atomic mass is 16.6. The van der Waals surface area contributed by atoms with Crippen molar-refractivity contribution in [1.82, 2.24) is 4.90 Å². The number of hydrogen-bond acceptors (Lipinski definition) is 4. The van der Waals surface area contributed by atoms with E-state index in [-0.39, 0.29) is 12.3 Å². The number of hydrogen-bond donors (Lipinski definition) is 0. The first-order valence-corrected chi connectivity index (χ1v) is 9.05. The minimum Gasteiger partial charge on any atom is -0.403 e. The van der Waals surface area contributed by atoms with Gasteiger partial charge in [0, 0.05) is 5.57 Å². The molecule has 29 heavy (non-hydrogen) atoms. The molecule has 1 fully saturated rings. The summed E-state index contributed by atoms with van der Waals surface area (Å²) in [5.41, 5.74) is 3.29. The van der Waals surface area contributed by atoms with Crippen LogP contribution in [0.4, 0.5) is 4.79 Å². The highest BCUT2D eigenvalue weighted by Gasteiger charge is 2.39. The van der Waals surface area contributed by atoms with Crippen molar-refractivity contribution in [1.29, 1.82) is 5.26 Å². The largest absolute Gasteiger partial charge is 0.422 e. The Bertz CT molecular complexity index is 1130. The van der Waals surface area contributed by atoms with Crippen LogP contribution in [-0.2, 0) is 16.1 Å². The van der Waals surface area contributed by atoms with Gasteiger partial charge in [0.05, 0.1) is 18.2 Å². The Balaban J connectivity index is 1.79. The topological polar surface area (TPSA) is 70.4 Å². The third kappa shape index (κ3) is 3.64. The summed E-state index contributed by atoms with van der Waals surface area (Å²) in [6.07, 6.45) is -0.698. The Morgan fingerprint density at radius 2 is 1.41 bits per heavy atom. The summed E-state index contributed by atoms with van der Waals surface area (Å²) in [5, 5.41) is 9.06. The van der Waals surface area contributed by atoms with Crippen LogP contribution < -0.4 is 0 Å². The summed E-state index contributed by atoms with van der Waals surface area (Å²) in [4.78, 5) is 26.7. The molecule has 0 unspecified atom stereocenters. The second kappa shape index (κ2) is 7.83. The number of nitriles is 1. The summed E-state index contributed by atoms with van der Waals surface area (Å²) in [6, 6.07) is 27.4. The number of benzene rings is 3.